The van der Waals surface area contributed by atoms with E-state index in [0.29, 0.717) is 6.04 Å². The van der Waals surface area contributed by atoms with Crippen LogP contribution in [0.4, 0.5) is 0 Å². The highest BCUT2D eigenvalue weighted by atomic mass is 32.1. The van der Waals surface area contributed by atoms with Gasteiger partial charge in [-0.25, -0.2) is 0 Å². The zero-order valence-corrected chi connectivity index (χ0v) is 12.8. The molecule has 1 atom stereocenters. The van der Waals surface area contributed by atoms with Gasteiger partial charge in [0.05, 0.1) is 0 Å². The van der Waals surface area contributed by atoms with E-state index < -0.39 is 0 Å². The molecule has 0 fully saturated rings. The van der Waals surface area contributed by atoms with Crippen molar-refractivity contribution in [1.82, 2.24) is 4.90 Å². The van der Waals surface area contributed by atoms with Crippen LogP contribution in [0.1, 0.15) is 53.9 Å². The van der Waals surface area contributed by atoms with Gasteiger partial charge in [0, 0.05) is 12.6 Å². The van der Waals surface area contributed by atoms with E-state index in [0.717, 1.165) is 17.6 Å². The molecule has 0 saturated carbocycles. The third-order valence-corrected chi connectivity index (χ3v) is 3.89. The molecule has 0 aromatic carbocycles. The Morgan fingerprint density at radius 1 is 1.06 bits per heavy atom. The normalized spacial score (nSPS) is 14.1. The summed E-state index contributed by atoms with van der Waals surface area (Å²) < 4.78 is 0. The summed E-state index contributed by atoms with van der Waals surface area (Å²) in [6, 6.07) is 0.665. The summed E-state index contributed by atoms with van der Waals surface area (Å²) in [5.41, 5.74) is 0. The Balaban J connectivity index is 4.09. The van der Waals surface area contributed by atoms with Crippen LogP contribution in [0.15, 0.2) is 0 Å². The summed E-state index contributed by atoms with van der Waals surface area (Å²) in [5.74, 6) is 2.48. The molecule has 0 radical (unpaired) electrons. The van der Waals surface area contributed by atoms with Crippen molar-refractivity contribution in [1.29, 1.82) is 0 Å². The molecule has 0 heterocycles. The maximum atomic E-state index is 4.48. The molecule has 0 aliphatic carbocycles. The van der Waals surface area contributed by atoms with Crippen LogP contribution in [0.5, 0.6) is 0 Å². The molecule has 0 aromatic heterocycles. The van der Waals surface area contributed by atoms with E-state index in [4.69, 9.17) is 0 Å². The predicted octanol–water partition coefficient (Wildman–Crippen LogP) is 4.09. The highest BCUT2D eigenvalue weighted by Gasteiger charge is 2.17. The van der Waals surface area contributed by atoms with Gasteiger partial charge in [0.15, 0.2) is 0 Å². The lowest BCUT2D eigenvalue weighted by atomic mass is 9.96. The third-order valence-electron chi connectivity index (χ3n) is 3.43. The van der Waals surface area contributed by atoms with Crippen LogP contribution in [-0.4, -0.2) is 29.8 Å². The van der Waals surface area contributed by atoms with Gasteiger partial charge < -0.3 is 4.90 Å². The summed E-state index contributed by atoms with van der Waals surface area (Å²) >= 11 is 4.48. The van der Waals surface area contributed by atoms with Crippen LogP contribution in [0.3, 0.4) is 0 Å². The molecule has 0 aromatic rings. The number of hydrogen-bond acceptors (Lipinski definition) is 2. The summed E-state index contributed by atoms with van der Waals surface area (Å²) in [6.45, 7) is 14.0. The Morgan fingerprint density at radius 3 is 2.06 bits per heavy atom. The molecule has 2 heteroatoms. The molecule has 0 spiro atoms. The van der Waals surface area contributed by atoms with Crippen molar-refractivity contribution in [2.24, 2.45) is 11.8 Å². The van der Waals surface area contributed by atoms with Crippen molar-refractivity contribution in [3.8, 4) is 0 Å². The SMILES string of the molecule is CCCCCN(CC(CS)C(C)C)C(C)C. The molecule has 0 aliphatic heterocycles. The molecule has 0 saturated heterocycles. The minimum atomic E-state index is 0.665. The number of unbranched alkanes of at least 4 members (excludes halogenated alkanes) is 2. The van der Waals surface area contributed by atoms with E-state index in [1.165, 1.54) is 32.4 Å². The first-order valence-corrected chi connectivity index (χ1v) is 7.51. The average molecular weight is 245 g/mol. The quantitative estimate of drug-likeness (QED) is 0.473. The molecule has 16 heavy (non-hydrogen) atoms. The maximum Gasteiger partial charge on any atom is 0.00387 e. The molecular formula is C14H31NS. The first-order valence-electron chi connectivity index (χ1n) is 6.87. The minimum Gasteiger partial charge on any atom is -0.301 e. The second-order valence-corrected chi connectivity index (χ2v) is 5.85. The zero-order chi connectivity index (χ0) is 12.6. The van der Waals surface area contributed by atoms with E-state index in [2.05, 4.69) is 52.1 Å². The van der Waals surface area contributed by atoms with E-state index in [-0.39, 0.29) is 0 Å². The van der Waals surface area contributed by atoms with E-state index in [1.807, 2.05) is 0 Å². The Hall–Kier alpha value is 0.310. The Bertz CT molecular complexity index is 157. The molecule has 0 rings (SSSR count). The van der Waals surface area contributed by atoms with Crippen LogP contribution in [0.2, 0.25) is 0 Å². The first-order chi connectivity index (χ1) is 7.52. The van der Waals surface area contributed by atoms with Crippen molar-refractivity contribution in [2.75, 3.05) is 18.8 Å². The highest BCUT2D eigenvalue weighted by molar-refractivity contribution is 7.80. The van der Waals surface area contributed by atoms with Crippen molar-refractivity contribution < 1.29 is 0 Å². The lowest BCUT2D eigenvalue weighted by molar-refractivity contribution is 0.172. The Morgan fingerprint density at radius 2 is 1.69 bits per heavy atom. The van der Waals surface area contributed by atoms with Gasteiger partial charge >= 0.3 is 0 Å². The smallest absolute Gasteiger partial charge is 0.00387 e. The topological polar surface area (TPSA) is 3.24 Å². The van der Waals surface area contributed by atoms with E-state index in [1.54, 1.807) is 0 Å². The van der Waals surface area contributed by atoms with Crippen molar-refractivity contribution in [3.63, 3.8) is 0 Å². The van der Waals surface area contributed by atoms with Gasteiger partial charge in [-0.15, -0.1) is 0 Å². The molecule has 0 amide bonds. The second kappa shape index (κ2) is 9.35. The van der Waals surface area contributed by atoms with Crippen LogP contribution < -0.4 is 0 Å². The molecular weight excluding hydrogens is 214 g/mol. The maximum absolute atomic E-state index is 4.48. The fraction of sp³-hybridized carbons (Fsp3) is 1.00. The minimum absolute atomic E-state index is 0.665. The predicted molar refractivity (Wildman–Crippen MR) is 78.4 cm³/mol. The lowest BCUT2D eigenvalue weighted by Crippen LogP contribution is -2.38. The molecule has 0 N–H and O–H groups in total. The van der Waals surface area contributed by atoms with Gasteiger partial charge in [-0.1, -0.05) is 33.6 Å². The van der Waals surface area contributed by atoms with E-state index >= 15 is 0 Å². The molecule has 1 nitrogen and oxygen atoms in total. The van der Waals surface area contributed by atoms with E-state index in [9.17, 15) is 0 Å². The average Bonchev–Trinajstić information content (AvgIpc) is 2.22. The van der Waals surface area contributed by atoms with Gasteiger partial charge in [-0.3, -0.25) is 0 Å². The zero-order valence-electron chi connectivity index (χ0n) is 11.9. The molecule has 98 valence electrons. The monoisotopic (exact) mass is 245 g/mol. The van der Waals surface area contributed by atoms with Crippen molar-refractivity contribution in [3.05, 3.63) is 0 Å². The number of nitrogens with zero attached hydrogens (tertiary/aromatic N) is 1. The Labute approximate surface area is 108 Å². The standard InChI is InChI=1S/C14H31NS/c1-6-7-8-9-15(13(4)5)10-14(11-16)12(2)3/h12-14,16H,6-11H2,1-5H3. The fourth-order valence-corrected chi connectivity index (χ4v) is 2.44. The summed E-state index contributed by atoms with van der Waals surface area (Å²) in [7, 11) is 0. The largest absolute Gasteiger partial charge is 0.301 e. The Kier molecular flexibility index (Phi) is 9.53. The van der Waals surface area contributed by atoms with Gasteiger partial charge in [-0.05, 0) is 44.4 Å². The van der Waals surface area contributed by atoms with Crippen LogP contribution in [0.25, 0.3) is 0 Å². The second-order valence-electron chi connectivity index (χ2n) is 5.48. The van der Waals surface area contributed by atoms with Gasteiger partial charge in [0.1, 0.15) is 0 Å². The lowest BCUT2D eigenvalue weighted by Gasteiger charge is -2.31. The van der Waals surface area contributed by atoms with Crippen LogP contribution in [0, 0.1) is 11.8 Å². The van der Waals surface area contributed by atoms with Gasteiger partial charge in [-0.2, -0.15) is 12.6 Å². The summed E-state index contributed by atoms with van der Waals surface area (Å²) in [4.78, 5) is 2.62. The third kappa shape index (κ3) is 6.80. The van der Waals surface area contributed by atoms with Gasteiger partial charge in [0.25, 0.3) is 0 Å². The molecule has 0 bridgehead atoms. The van der Waals surface area contributed by atoms with Crippen molar-refractivity contribution >= 4 is 12.6 Å². The van der Waals surface area contributed by atoms with Crippen LogP contribution in [-0.2, 0) is 0 Å². The number of rotatable bonds is 9. The number of hydrogen-bond donors (Lipinski definition) is 1. The number of thiol groups is 1. The van der Waals surface area contributed by atoms with Crippen LogP contribution >= 0.6 is 12.6 Å². The summed E-state index contributed by atoms with van der Waals surface area (Å²) in [6.07, 6.45) is 4.01. The van der Waals surface area contributed by atoms with Gasteiger partial charge in [0.2, 0.25) is 0 Å². The molecule has 0 aliphatic rings. The first kappa shape index (κ1) is 16.3. The summed E-state index contributed by atoms with van der Waals surface area (Å²) in [5, 5.41) is 0. The molecule has 1 unspecified atom stereocenters. The fourth-order valence-electron chi connectivity index (χ4n) is 1.91. The van der Waals surface area contributed by atoms with Crippen molar-refractivity contribution in [2.45, 2.75) is 59.9 Å². The highest BCUT2D eigenvalue weighted by Crippen LogP contribution is 2.16.